The first-order valence-electron chi connectivity index (χ1n) is 4.68. The largest absolute Gasteiger partial charge is 0.372 e. The molecule has 64 valence electrons. The molecule has 0 amide bonds. The van der Waals surface area contributed by atoms with Gasteiger partial charge in [0, 0.05) is 11.0 Å². The molecule has 1 atom stereocenters. The van der Waals surface area contributed by atoms with Crippen LogP contribution in [0.15, 0.2) is 0 Å². The highest BCUT2D eigenvalue weighted by Crippen LogP contribution is 2.30. The van der Waals surface area contributed by atoms with Crippen molar-refractivity contribution < 1.29 is 4.74 Å². The first kappa shape index (κ1) is 7.93. The second-order valence-electron chi connectivity index (χ2n) is 3.55. The Morgan fingerprint density at radius 3 is 2.55 bits per heavy atom. The van der Waals surface area contributed by atoms with Crippen molar-refractivity contribution in [1.82, 2.24) is 0 Å². The minimum atomic E-state index is 0.627. The molecule has 1 saturated carbocycles. The van der Waals surface area contributed by atoms with Crippen LogP contribution in [0.4, 0.5) is 0 Å². The third kappa shape index (κ3) is 2.68. The SMILES string of the molecule is C1CCC(SCC2CO2)CC1. The molecule has 2 fully saturated rings. The number of hydrogen-bond acceptors (Lipinski definition) is 2. The van der Waals surface area contributed by atoms with Gasteiger partial charge < -0.3 is 4.74 Å². The summed E-state index contributed by atoms with van der Waals surface area (Å²) in [5.74, 6) is 1.25. The topological polar surface area (TPSA) is 12.5 Å². The first-order chi connectivity index (χ1) is 5.45. The maximum Gasteiger partial charge on any atom is 0.0900 e. The lowest BCUT2D eigenvalue weighted by Gasteiger charge is -2.20. The Bertz CT molecular complexity index is 117. The molecule has 0 spiro atoms. The minimum Gasteiger partial charge on any atom is -0.372 e. The Morgan fingerprint density at radius 1 is 1.18 bits per heavy atom. The van der Waals surface area contributed by atoms with E-state index in [1.807, 2.05) is 0 Å². The molecule has 0 aromatic carbocycles. The maximum atomic E-state index is 5.18. The van der Waals surface area contributed by atoms with Gasteiger partial charge in [-0.15, -0.1) is 0 Å². The predicted molar refractivity (Wildman–Crippen MR) is 49.1 cm³/mol. The van der Waals surface area contributed by atoms with Crippen molar-refractivity contribution in [2.24, 2.45) is 0 Å². The molecule has 1 saturated heterocycles. The lowest BCUT2D eigenvalue weighted by atomic mass is 10.0. The lowest BCUT2D eigenvalue weighted by Crippen LogP contribution is -2.09. The van der Waals surface area contributed by atoms with Gasteiger partial charge in [0.25, 0.3) is 0 Å². The third-order valence-electron chi connectivity index (χ3n) is 2.47. The van der Waals surface area contributed by atoms with Gasteiger partial charge in [-0.2, -0.15) is 11.8 Å². The van der Waals surface area contributed by atoms with Crippen molar-refractivity contribution in [1.29, 1.82) is 0 Å². The fourth-order valence-electron chi connectivity index (χ4n) is 1.64. The van der Waals surface area contributed by atoms with Crippen LogP contribution in [0.1, 0.15) is 32.1 Å². The standard InChI is InChI=1S/C9H16OS/c1-2-4-9(5-3-1)11-7-8-6-10-8/h8-9H,1-7H2. The van der Waals surface area contributed by atoms with Crippen molar-refractivity contribution in [2.75, 3.05) is 12.4 Å². The van der Waals surface area contributed by atoms with E-state index in [2.05, 4.69) is 11.8 Å². The predicted octanol–water partition coefficient (Wildman–Crippen LogP) is 2.45. The van der Waals surface area contributed by atoms with Crippen LogP contribution in [0, 0.1) is 0 Å². The molecule has 2 heteroatoms. The van der Waals surface area contributed by atoms with Crippen LogP contribution < -0.4 is 0 Å². The lowest BCUT2D eigenvalue weighted by molar-refractivity contribution is 0.425. The van der Waals surface area contributed by atoms with E-state index >= 15 is 0 Å². The van der Waals surface area contributed by atoms with Gasteiger partial charge in [0.15, 0.2) is 0 Å². The van der Waals surface area contributed by atoms with E-state index in [1.54, 1.807) is 0 Å². The highest BCUT2D eigenvalue weighted by molar-refractivity contribution is 7.99. The summed E-state index contributed by atoms with van der Waals surface area (Å²) < 4.78 is 5.18. The van der Waals surface area contributed by atoms with Crippen molar-refractivity contribution in [3.05, 3.63) is 0 Å². The number of epoxide rings is 1. The van der Waals surface area contributed by atoms with Gasteiger partial charge in [-0.25, -0.2) is 0 Å². The van der Waals surface area contributed by atoms with Crippen molar-refractivity contribution in [3.8, 4) is 0 Å². The monoisotopic (exact) mass is 172 g/mol. The van der Waals surface area contributed by atoms with Gasteiger partial charge in [0.2, 0.25) is 0 Å². The van der Waals surface area contributed by atoms with E-state index in [-0.39, 0.29) is 0 Å². The fraction of sp³-hybridized carbons (Fsp3) is 1.00. The number of ether oxygens (including phenoxy) is 1. The highest BCUT2D eigenvalue weighted by Gasteiger charge is 2.24. The second kappa shape index (κ2) is 3.81. The van der Waals surface area contributed by atoms with E-state index in [0.29, 0.717) is 6.10 Å². The highest BCUT2D eigenvalue weighted by atomic mass is 32.2. The Kier molecular flexibility index (Phi) is 2.75. The summed E-state index contributed by atoms with van der Waals surface area (Å²) in [6, 6.07) is 0. The normalized spacial score (nSPS) is 32.2. The molecule has 0 bridgehead atoms. The van der Waals surface area contributed by atoms with Crippen molar-refractivity contribution in [2.45, 2.75) is 43.5 Å². The van der Waals surface area contributed by atoms with Gasteiger partial charge in [0.05, 0.1) is 12.7 Å². The zero-order valence-corrected chi connectivity index (χ0v) is 7.74. The van der Waals surface area contributed by atoms with E-state index in [0.717, 1.165) is 11.9 Å². The summed E-state index contributed by atoms with van der Waals surface area (Å²) in [5, 5.41) is 0.966. The minimum absolute atomic E-state index is 0.627. The molecular weight excluding hydrogens is 156 g/mol. The second-order valence-corrected chi connectivity index (χ2v) is 4.88. The van der Waals surface area contributed by atoms with Crippen LogP contribution in [0.2, 0.25) is 0 Å². The van der Waals surface area contributed by atoms with Crippen LogP contribution in [0.5, 0.6) is 0 Å². The van der Waals surface area contributed by atoms with E-state index in [1.165, 1.54) is 37.9 Å². The molecule has 2 aliphatic rings. The maximum absolute atomic E-state index is 5.18. The number of thioether (sulfide) groups is 1. The molecule has 1 aliphatic heterocycles. The van der Waals surface area contributed by atoms with Crippen LogP contribution in [0.25, 0.3) is 0 Å². The van der Waals surface area contributed by atoms with Crippen LogP contribution in [0.3, 0.4) is 0 Å². The van der Waals surface area contributed by atoms with Crippen molar-refractivity contribution in [3.63, 3.8) is 0 Å². The molecule has 0 N–H and O–H groups in total. The van der Waals surface area contributed by atoms with Gasteiger partial charge in [-0.05, 0) is 12.8 Å². The molecule has 1 heterocycles. The molecule has 0 aromatic heterocycles. The molecule has 1 aliphatic carbocycles. The zero-order valence-electron chi connectivity index (χ0n) is 6.92. The summed E-state index contributed by atoms with van der Waals surface area (Å²) in [5.41, 5.74) is 0. The fourth-order valence-corrected chi connectivity index (χ4v) is 2.99. The van der Waals surface area contributed by atoms with E-state index in [4.69, 9.17) is 4.74 Å². The first-order valence-corrected chi connectivity index (χ1v) is 5.73. The summed E-state index contributed by atoms with van der Waals surface area (Å²) >= 11 is 2.14. The van der Waals surface area contributed by atoms with Crippen molar-refractivity contribution >= 4 is 11.8 Å². The Labute approximate surface area is 72.9 Å². The average Bonchev–Trinajstić information content (AvgIpc) is 2.86. The van der Waals surface area contributed by atoms with Gasteiger partial charge in [-0.3, -0.25) is 0 Å². The van der Waals surface area contributed by atoms with E-state index < -0.39 is 0 Å². The number of rotatable bonds is 3. The smallest absolute Gasteiger partial charge is 0.0900 e. The quantitative estimate of drug-likeness (QED) is 0.606. The Morgan fingerprint density at radius 2 is 1.91 bits per heavy atom. The average molecular weight is 172 g/mol. The molecule has 2 rings (SSSR count). The van der Waals surface area contributed by atoms with Gasteiger partial charge in [0.1, 0.15) is 0 Å². The molecule has 0 radical (unpaired) electrons. The summed E-state index contributed by atoms with van der Waals surface area (Å²) in [4.78, 5) is 0. The zero-order chi connectivity index (χ0) is 7.52. The molecular formula is C9H16OS. The number of hydrogen-bond donors (Lipinski definition) is 0. The Balaban J connectivity index is 1.59. The van der Waals surface area contributed by atoms with Gasteiger partial charge in [-0.1, -0.05) is 19.3 Å². The Hall–Kier alpha value is 0.310. The van der Waals surface area contributed by atoms with Crippen LogP contribution >= 0.6 is 11.8 Å². The van der Waals surface area contributed by atoms with E-state index in [9.17, 15) is 0 Å². The summed E-state index contributed by atoms with van der Waals surface area (Å²) in [6.45, 7) is 1.03. The van der Waals surface area contributed by atoms with Crippen LogP contribution in [-0.4, -0.2) is 23.7 Å². The third-order valence-corrected chi connectivity index (χ3v) is 3.98. The molecule has 11 heavy (non-hydrogen) atoms. The molecule has 1 nitrogen and oxygen atoms in total. The molecule has 0 aromatic rings. The summed E-state index contributed by atoms with van der Waals surface area (Å²) in [7, 11) is 0. The van der Waals surface area contributed by atoms with Crippen LogP contribution in [-0.2, 0) is 4.74 Å². The molecule has 1 unspecified atom stereocenters. The van der Waals surface area contributed by atoms with Gasteiger partial charge >= 0.3 is 0 Å². The summed E-state index contributed by atoms with van der Waals surface area (Å²) in [6.07, 6.45) is 7.93.